The lowest BCUT2D eigenvalue weighted by Crippen LogP contribution is -2.46. The molecule has 0 bridgehead atoms. The molecule has 0 saturated carbocycles. The van der Waals surface area contributed by atoms with E-state index < -0.39 is 15.4 Å². The van der Waals surface area contributed by atoms with E-state index >= 15 is 0 Å². The molecule has 6 heteroatoms. The Hall–Kier alpha value is -3.09. The summed E-state index contributed by atoms with van der Waals surface area (Å²) in [6.45, 7) is 4.25. The van der Waals surface area contributed by atoms with E-state index in [1.807, 2.05) is 32.3 Å². The molecule has 0 aromatic heterocycles. The van der Waals surface area contributed by atoms with Crippen LogP contribution in [0, 0.1) is 0 Å². The Balaban J connectivity index is 1.48. The molecule has 3 aromatic rings. The third-order valence-corrected chi connectivity index (χ3v) is 8.64. The van der Waals surface area contributed by atoms with Crippen molar-refractivity contribution in [1.29, 1.82) is 0 Å². The topological polar surface area (TPSA) is 49.9 Å². The van der Waals surface area contributed by atoms with Crippen molar-refractivity contribution in [2.45, 2.75) is 47.9 Å². The van der Waals surface area contributed by atoms with Gasteiger partial charge in [-0.3, -0.25) is 0 Å². The number of rotatable bonds is 5. The second-order valence-electron chi connectivity index (χ2n) is 9.66. The molecule has 2 aliphatic heterocycles. The fraction of sp³-hybridized carbons (Fsp3) is 0.286. The van der Waals surface area contributed by atoms with Crippen LogP contribution in [-0.2, 0) is 21.0 Å². The Morgan fingerprint density at radius 2 is 1.68 bits per heavy atom. The molecule has 0 N–H and O–H groups in total. The largest absolute Gasteiger partial charge is 0.378 e. The third-order valence-electron chi connectivity index (χ3n) is 6.84. The van der Waals surface area contributed by atoms with Crippen molar-refractivity contribution >= 4 is 27.3 Å². The van der Waals surface area contributed by atoms with Crippen molar-refractivity contribution in [3.8, 4) is 0 Å². The third kappa shape index (κ3) is 3.71. The lowest BCUT2D eigenvalue weighted by atomic mass is 9.95. The molecular formula is C28H30N2O3S. The minimum absolute atomic E-state index is 0.174. The first-order chi connectivity index (χ1) is 16.2. The summed E-state index contributed by atoms with van der Waals surface area (Å²) in [7, 11) is 0.393. The summed E-state index contributed by atoms with van der Waals surface area (Å²) in [5.41, 5.74) is 3.62. The van der Waals surface area contributed by atoms with Gasteiger partial charge >= 0.3 is 0 Å². The van der Waals surface area contributed by atoms with Gasteiger partial charge in [0.1, 0.15) is 12.3 Å². The predicted octanol–water partition coefficient (Wildman–Crippen LogP) is 5.16. The molecule has 0 radical (unpaired) electrons. The molecule has 0 spiro atoms. The zero-order chi connectivity index (χ0) is 24.1. The molecule has 0 aliphatic carbocycles. The van der Waals surface area contributed by atoms with E-state index in [0.717, 1.165) is 22.5 Å². The SMILES string of the molecule is CN(C)c1ccc(C=CC2OC3Cc4cccc(S(=O)(=O)c5ccccc5)c4N3C2(C)C)cc1. The number of sulfone groups is 1. The highest BCUT2D eigenvalue weighted by Gasteiger charge is 2.52. The molecule has 1 fully saturated rings. The summed E-state index contributed by atoms with van der Waals surface area (Å²) in [4.78, 5) is 4.90. The molecule has 1 saturated heterocycles. The van der Waals surface area contributed by atoms with Gasteiger partial charge in [-0.2, -0.15) is 0 Å². The van der Waals surface area contributed by atoms with Crippen molar-refractivity contribution in [2.75, 3.05) is 23.9 Å². The first-order valence-corrected chi connectivity index (χ1v) is 13.0. The minimum Gasteiger partial charge on any atom is -0.378 e. The maximum atomic E-state index is 13.6. The van der Waals surface area contributed by atoms with Crippen LogP contribution in [0.1, 0.15) is 25.0 Å². The zero-order valence-electron chi connectivity index (χ0n) is 20.0. The Morgan fingerprint density at radius 3 is 2.35 bits per heavy atom. The van der Waals surface area contributed by atoms with Gasteiger partial charge in [-0.15, -0.1) is 0 Å². The summed E-state index contributed by atoms with van der Waals surface area (Å²) in [6, 6.07) is 22.6. The maximum Gasteiger partial charge on any atom is 0.208 e. The van der Waals surface area contributed by atoms with Gasteiger partial charge in [-0.05, 0) is 55.3 Å². The molecular weight excluding hydrogens is 444 g/mol. The second kappa shape index (κ2) is 8.29. The maximum absolute atomic E-state index is 13.6. The van der Waals surface area contributed by atoms with Crippen LogP contribution in [0.2, 0.25) is 0 Å². The van der Waals surface area contributed by atoms with Crippen LogP contribution in [0.15, 0.2) is 88.7 Å². The Bertz CT molecular complexity index is 1330. The van der Waals surface area contributed by atoms with Gasteiger partial charge in [0.25, 0.3) is 0 Å². The van der Waals surface area contributed by atoms with Crippen molar-refractivity contribution in [3.63, 3.8) is 0 Å². The van der Waals surface area contributed by atoms with Crippen LogP contribution in [0.5, 0.6) is 0 Å². The molecule has 2 unspecified atom stereocenters. The first-order valence-electron chi connectivity index (χ1n) is 11.5. The van der Waals surface area contributed by atoms with Crippen LogP contribution in [0.3, 0.4) is 0 Å². The molecule has 2 aliphatic rings. The quantitative estimate of drug-likeness (QED) is 0.511. The van der Waals surface area contributed by atoms with Crippen molar-refractivity contribution in [2.24, 2.45) is 0 Å². The van der Waals surface area contributed by atoms with Gasteiger partial charge in [0.05, 0.1) is 21.0 Å². The number of benzene rings is 3. The van der Waals surface area contributed by atoms with E-state index in [9.17, 15) is 8.42 Å². The fourth-order valence-corrected chi connectivity index (χ4v) is 6.49. The molecule has 5 rings (SSSR count). The van der Waals surface area contributed by atoms with Crippen molar-refractivity contribution < 1.29 is 13.2 Å². The standard InChI is InChI=1S/C28H30N2O3S/c1-28(2)25(18-15-20-13-16-22(17-14-20)29(3)4)33-26-19-21-9-8-12-24(27(21)30(26)28)34(31,32)23-10-6-5-7-11-23/h5-18,25-26H,19H2,1-4H3. The van der Waals surface area contributed by atoms with E-state index in [2.05, 4.69) is 60.1 Å². The molecule has 5 nitrogen and oxygen atoms in total. The summed E-state index contributed by atoms with van der Waals surface area (Å²) in [5.74, 6) is 0. The summed E-state index contributed by atoms with van der Waals surface area (Å²) in [6.07, 6.45) is 4.48. The smallest absolute Gasteiger partial charge is 0.208 e. The van der Waals surface area contributed by atoms with E-state index in [1.54, 1.807) is 30.3 Å². The highest BCUT2D eigenvalue weighted by molar-refractivity contribution is 7.91. The molecule has 3 aromatic carbocycles. The van der Waals surface area contributed by atoms with Crippen LogP contribution >= 0.6 is 0 Å². The summed E-state index contributed by atoms with van der Waals surface area (Å²) in [5, 5.41) is 0. The molecule has 2 atom stereocenters. The van der Waals surface area contributed by atoms with E-state index in [-0.39, 0.29) is 12.3 Å². The van der Waals surface area contributed by atoms with Crippen molar-refractivity contribution in [3.05, 3.63) is 90.0 Å². The zero-order valence-corrected chi connectivity index (χ0v) is 20.8. The van der Waals surface area contributed by atoms with Gasteiger partial charge in [0.2, 0.25) is 9.84 Å². The van der Waals surface area contributed by atoms with Gasteiger partial charge in [-0.1, -0.05) is 54.6 Å². The first kappa shape index (κ1) is 22.7. The number of fused-ring (bicyclic) bond motifs is 3. The number of hydrogen-bond donors (Lipinski definition) is 0. The van der Waals surface area contributed by atoms with Gasteiger partial charge < -0.3 is 14.5 Å². The van der Waals surface area contributed by atoms with E-state index in [0.29, 0.717) is 16.2 Å². The highest BCUT2D eigenvalue weighted by Crippen LogP contribution is 2.49. The van der Waals surface area contributed by atoms with Gasteiger partial charge in [0, 0.05) is 26.2 Å². The van der Waals surface area contributed by atoms with Gasteiger partial charge in [-0.25, -0.2) is 8.42 Å². The van der Waals surface area contributed by atoms with Crippen LogP contribution in [0.25, 0.3) is 6.08 Å². The number of nitrogens with zero attached hydrogens (tertiary/aromatic N) is 2. The lowest BCUT2D eigenvalue weighted by molar-refractivity contribution is 0.0652. The molecule has 34 heavy (non-hydrogen) atoms. The summed E-state index contributed by atoms with van der Waals surface area (Å²) >= 11 is 0. The fourth-order valence-electron chi connectivity index (χ4n) is 4.98. The van der Waals surface area contributed by atoms with Crippen molar-refractivity contribution in [1.82, 2.24) is 0 Å². The normalized spacial score (nSPS) is 21.0. The van der Waals surface area contributed by atoms with E-state index in [1.165, 1.54) is 0 Å². The van der Waals surface area contributed by atoms with E-state index in [4.69, 9.17) is 4.74 Å². The number of para-hydroxylation sites is 1. The Kier molecular flexibility index (Phi) is 5.53. The van der Waals surface area contributed by atoms with Gasteiger partial charge in [0.15, 0.2) is 0 Å². The van der Waals surface area contributed by atoms with Crippen LogP contribution in [0.4, 0.5) is 11.4 Å². The predicted molar refractivity (Wildman–Crippen MR) is 137 cm³/mol. The number of ether oxygens (including phenoxy) is 1. The molecule has 176 valence electrons. The highest BCUT2D eigenvalue weighted by atomic mass is 32.2. The molecule has 2 heterocycles. The Labute approximate surface area is 202 Å². The number of hydrogen-bond acceptors (Lipinski definition) is 5. The second-order valence-corrected chi connectivity index (χ2v) is 11.6. The van der Waals surface area contributed by atoms with Crippen LogP contribution in [-0.4, -0.2) is 40.4 Å². The monoisotopic (exact) mass is 474 g/mol. The average Bonchev–Trinajstić information content (AvgIpc) is 3.32. The minimum atomic E-state index is -3.66. The summed E-state index contributed by atoms with van der Waals surface area (Å²) < 4.78 is 33.6. The average molecular weight is 475 g/mol. The number of anilines is 2. The molecule has 0 amide bonds. The van der Waals surface area contributed by atoms with Crippen LogP contribution < -0.4 is 9.80 Å². The lowest BCUT2D eigenvalue weighted by Gasteiger charge is -2.35. The Morgan fingerprint density at radius 1 is 0.971 bits per heavy atom.